The molecule has 0 atom stereocenters. The maximum atomic E-state index is 4.33. The van der Waals surface area contributed by atoms with Crippen molar-refractivity contribution in [3.8, 4) is 0 Å². The summed E-state index contributed by atoms with van der Waals surface area (Å²) in [7, 11) is 1.82. The van der Waals surface area contributed by atoms with E-state index < -0.39 is 0 Å². The van der Waals surface area contributed by atoms with Gasteiger partial charge in [-0.3, -0.25) is 9.98 Å². The molecule has 1 aliphatic rings. The molecular weight excluding hydrogens is 491 g/mol. The minimum Gasteiger partial charge on any atom is -0.356 e. The van der Waals surface area contributed by atoms with Crippen LogP contribution < -0.4 is 10.6 Å². The second-order valence-electron chi connectivity index (χ2n) is 6.22. The molecule has 134 valence electrons. The summed E-state index contributed by atoms with van der Waals surface area (Å²) in [5.41, 5.74) is 2.86. The summed E-state index contributed by atoms with van der Waals surface area (Å²) in [6, 6.07) is 12.6. The summed E-state index contributed by atoms with van der Waals surface area (Å²) in [5, 5.41) is 6.87. The summed E-state index contributed by atoms with van der Waals surface area (Å²) >= 11 is 3.68. The lowest BCUT2D eigenvalue weighted by Crippen LogP contribution is -2.42. The minimum absolute atomic E-state index is 0. The normalized spacial score (nSPS) is 15.2. The van der Waals surface area contributed by atoms with Gasteiger partial charge in [0.25, 0.3) is 0 Å². The molecule has 0 spiro atoms. The zero-order valence-corrected chi connectivity index (χ0v) is 18.3. The molecule has 1 saturated carbocycles. The van der Waals surface area contributed by atoms with E-state index in [0.717, 1.165) is 25.5 Å². The van der Waals surface area contributed by atoms with Gasteiger partial charge in [-0.25, -0.2) is 0 Å². The molecule has 1 aromatic heterocycles. The van der Waals surface area contributed by atoms with Gasteiger partial charge in [0.15, 0.2) is 5.96 Å². The molecule has 0 bridgehead atoms. The molecule has 0 amide bonds. The SMILES string of the molecule is CN=C(NCCc1cccnc1)NCC1(c2ccccc2Br)CC1.I. The third-order valence-corrected chi connectivity index (χ3v) is 5.24. The predicted molar refractivity (Wildman–Crippen MR) is 118 cm³/mol. The number of nitrogens with zero attached hydrogens (tertiary/aromatic N) is 2. The van der Waals surface area contributed by atoms with Crippen molar-refractivity contribution in [3.63, 3.8) is 0 Å². The molecule has 1 aromatic carbocycles. The van der Waals surface area contributed by atoms with Crippen molar-refractivity contribution in [2.75, 3.05) is 20.1 Å². The first kappa shape index (κ1) is 20.2. The molecule has 2 N–H and O–H groups in total. The van der Waals surface area contributed by atoms with E-state index in [4.69, 9.17) is 0 Å². The number of hydrogen-bond acceptors (Lipinski definition) is 2. The Hall–Kier alpha value is -1.15. The highest BCUT2D eigenvalue weighted by Crippen LogP contribution is 2.49. The van der Waals surface area contributed by atoms with E-state index in [1.54, 1.807) is 6.20 Å². The summed E-state index contributed by atoms with van der Waals surface area (Å²) in [5.74, 6) is 0.859. The average molecular weight is 515 g/mol. The second kappa shape index (κ2) is 9.52. The molecular formula is C19H24BrIN4. The van der Waals surface area contributed by atoms with Crippen LogP contribution in [-0.4, -0.2) is 31.1 Å². The maximum Gasteiger partial charge on any atom is 0.191 e. The Morgan fingerprint density at radius 1 is 1.20 bits per heavy atom. The first-order valence-electron chi connectivity index (χ1n) is 8.32. The standard InChI is InChI=1S/C19H23BrN4.HI/c1-21-18(23-12-8-15-5-4-11-22-13-15)24-14-19(9-10-19)16-6-2-3-7-17(16)20;/h2-7,11,13H,8-10,12,14H2,1H3,(H2,21,23,24);1H. The van der Waals surface area contributed by atoms with Crippen LogP contribution in [0.25, 0.3) is 0 Å². The zero-order valence-electron chi connectivity index (χ0n) is 14.3. The first-order valence-corrected chi connectivity index (χ1v) is 9.11. The van der Waals surface area contributed by atoms with E-state index in [1.807, 2.05) is 19.3 Å². The number of pyridine rings is 1. The Balaban J connectivity index is 0.00000225. The van der Waals surface area contributed by atoms with Crippen LogP contribution in [0, 0.1) is 0 Å². The summed E-state index contributed by atoms with van der Waals surface area (Å²) in [6.07, 6.45) is 7.08. The van der Waals surface area contributed by atoms with Gasteiger partial charge in [0, 0.05) is 42.4 Å². The number of halogens is 2. The van der Waals surface area contributed by atoms with E-state index in [9.17, 15) is 0 Å². The van der Waals surface area contributed by atoms with E-state index >= 15 is 0 Å². The van der Waals surface area contributed by atoms with Crippen molar-refractivity contribution >= 4 is 45.9 Å². The fraction of sp³-hybridized carbons (Fsp3) is 0.368. The molecule has 4 nitrogen and oxygen atoms in total. The smallest absolute Gasteiger partial charge is 0.191 e. The van der Waals surface area contributed by atoms with E-state index in [2.05, 4.69) is 66.9 Å². The van der Waals surface area contributed by atoms with Crippen molar-refractivity contribution < 1.29 is 0 Å². The molecule has 25 heavy (non-hydrogen) atoms. The topological polar surface area (TPSA) is 49.3 Å². The van der Waals surface area contributed by atoms with Gasteiger partial charge in [-0.1, -0.05) is 40.2 Å². The third kappa shape index (κ3) is 5.41. The molecule has 0 radical (unpaired) electrons. The van der Waals surface area contributed by atoms with Gasteiger partial charge in [0.1, 0.15) is 0 Å². The minimum atomic E-state index is 0. The quantitative estimate of drug-likeness (QED) is 0.349. The van der Waals surface area contributed by atoms with Crippen LogP contribution in [0.15, 0.2) is 58.3 Å². The molecule has 1 heterocycles. The first-order chi connectivity index (χ1) is 11.7. The number of aliphatic imine (C=N–C) groups is 1. The Kier molecular flexibility index (Phi) is 7.68. The lowest BCUT2D eigenvalue weighted by molar-refractivity contribution is 0.643. The number of rotatable bonds is 6. The summed E-state index contributed by atoms with van der Waals surface area (Å²) < 4.78 is 1.20. The van der Waals surface area contributed by atoms with Crippen LogP contribution in [-0.2, 0) is 11.8 Å². The van der Waals surface area contributed by atoms with Crippen molar-refractivity contribution in [3.05, 3.63) is 64.4 Å². The Labute approximate surface area is 175 Å². The highest BCUT2D eigenvalue weighted by atomic mass is 127. The van der Waals surface area contributed by atoms with Crippen LogP contribution in [0.2, 0.25) is 0 Å². The van der Waals surface area contributed by atoms with Gasteiger partial charge in [0.2, 0.25) is 0 Å². The molecule has 0 saturated heterocycles. The summed E-state index contributed by atoms with van der Waals surface area (Å²) in [6.45, 7) is 1.75. The lowest BCUT2D eigenvalue weighted by atomic mass is 9.96. The fourth-order valence-corrected chi connectivity index (χ4v) is 3.63. The van der Waals surface area contributed by atoms with Crippen LogP contribution in [0.3, 0.4) is 0 Å². The molecule has 1 aliphatic carbocycles. The van der Waals surface area contributed by atoms with Crippen molar-refractivity contribution in [1.82, 2.24) is 15.6 Å². The number of aromatic nitrogens is 1. The molecule has 1 fully saturated rings. The molecule has 6 heteroatoms. The van der Waals surface area contributed by atoms with Crippen LogP contribution in [0.1, 0.15) is 24.0 Å². The fourth-order valence-electron chi connectivity index (χ4n) is 2.93. The van der Waals surface area contributed by atoms with E-state index in [1.165, 1.54) is 28.4 Å². The Bertz CT molecular complexity index is 702. The summed E-state index contributed by atoms with van der Waals surface area (Å²) in [4.78, 5) is 8.48. The van der Waals surface area contributed by atoms with Crippen LogP contribution >= 0.6 is 39.9 Å². The lowest BCUT2D eigenvalue weighted by Gasteiger charge is -2.20. The number of nitrogens with one attached hydrogen (secondary N) is 2. The number of benzene rings is 1. The van der Waals surface area contributed by atoms with Crippen molar-refractivity contribution in [2.45, 2.75) is 24.7 Å². The average Bonchev–Trinajstić information content (AvgIpc) is 3.40. The number of guanidine groups is 1. The largest absolute Gasteiger partial charge is 0.356 e. The Morgan fingerprint density at radius 2 is 2.00 bits per heavy atom. The van der Waals surface area contributed by atoms with Gasteiger partial charge >= 0.3 is 0 Å². The molecule has 2 aromatic rings. The highest BCUT2D eigenvalue weighted by molar-refractivity contribution is 14.0. The van der Waals surface area contributed by atoms with Gasteiger partial charge in [-0.05, 0) is 42.5 Å². The third-order valence-electron chi connectivity index (χ3n) is 4.55. The monoisotopic (exact) mass is 514 g/mol. The zero-order chi connectivity index (χ0) is 16.8. The van der Waals surface area contributed by atoms with E-state index in [0.29, 0.717) is 0 Å². The van der Waals surface area contributed by atoms with Crippen molar-refractivity contribution in [1.29, 1.82) is 0 Å². The predicted octanol–water partition coefficient (Wildman–Crippen LogP) is 3.90. The number of hydrogen-bond donors (Lipinski definition) is 2. The maximum absolute atomic E-state index is 4.33. The van der Waals surface area contributed by atoms with Gasteiger partial charge in [-0.2, -0.15) is 0 Å². The van der Waals surface area contributed by atoms with Gasteiger partial charge in [-0.15, -0.1) is 24.0 Å². The van der Waals surface area contributed by atoms with Gasteiger partial charge in [0.05, 0.1) is 0 Å². The molecule has 0 aliphatic heterocycles. The van der Waals surface area contributed by atoms with Gasteiger partial charge < -0.3 is 10.6 Å². The van der Waals surface area contributed by atoms with Crippen LogP contribution in [0.4, 0.5) is 0 Å². The second-order valence-corrected chi connectivity index (χ2v) is 7.08. The van der Waals surface area contributed by atoms with E-state index in [-0.39, 0.29) is 29.4 Å². The van der Waals surface area contributed by atoms with Crippen molar-refractivity contribution in [2.24, 2.45) is 4.99 Å². The Morgan fingerprint density at radius 3 is 2.64 bits per heavy atom. The molecule has 3 rings (SSSR count). The van der Waals surface area contributed by atoms with Crippen LogP contribution in [0.5, 0.6) is 0 Å². The highest BCUT2D eigenvalue weighted by Gasteiger charge is 2.45. The molecule has 0 unspecified atom stereocenters.